The van der Waals surface area contributed by atoms with E-state index >= 15 is 0 Å². The first kappa shape index (κ1) is 15.2. The minimum absolute atomic E-state index is 0.299. The third kappa shape index (κ3) is 5.12. The van der Waals surface area contributed by atoms with Crippen molar-refractivity contribution >= 4 is 22.9 Å². The van der Waals surface area contributed by atoms with Crippen molar-refractivity contribution in [3.63, 3.8) is 0 Å². The normalized spacial score (nSPS) is 30.5. The molecule has 17 heavy (non-hydrogen) atoms. The zero-order chi connectivity index (χ0) is 13.1. The van der Waals surface area contributed by atoms with Crippen LogP contribution >= 0.6 is 22.9 Å². The molecule has 6 N–H and O–H groups in total. The summed E-state index contributed by atoms with van der Waals surface area (Å²) in [4.78, 5) is 27.2. The minimum Gasteiger partial charge on any atom is -0.259 e. The zero-order valence-electron chi connectivity index (χ0n) is 8.80. The summed E-state index contributed by atoms with van der Waals surface area (Å²) >= 11 is 1.56. The molecule has 0 amide bonds. The van der Waals surface area contributed by atoms with Crippen molar-refractivity contribution in [1.29, 1.82) is 0 Å². The van der Waals surface area contributed by atoms with Gasteiger partial charge in [-0.3, -0.25) is 4.84 Å². The molecule has 0 aromatic heterocycles. The molecule has 0 radical (unpaired) electrons. The molecule has 1 atom stereocenters. The Kier molecular flexibility index (Phi) is 5.71. The maximum atomic E-state index is 5.22. The van der Waals surface area contributed by atoms with E-state index in [2.05, 4.69) is 14.7 Å². The lowest BCUT2D eigenvalue weighted by molar-refractivity contribution is -1.41. The third-order valence-corrected chi connectivity index (χ3v) is 1.51. The molecule has 1 saturated heterocycles. The van der Waals surface area contributed by atoms with E-state index in [0.717, 1.165) is 0 Å². The summed E-state index contributed by atoms with van der Waals surface area (Å²) in [5.74, 6) is 15.6. The van der Waals surface area contributed by atoms with Crippen LogP contribution in [0.5, 0.6) is 0 Å². The lowest BCUT2D eigenvalue weighted by Gasteiger charge is -2.31. The molecule has 102 valence electrons. The summed E-state index contributed by atoms with van der Waals surface area (Å²) in [5, 5.41) is 1.10. The second-order valence-corrected chi connectivity index (χ2v) is 3.22. The maximum absolute atomic E-state index is 5.22. The molecular formula is C2H12IN8O6+. The quantitative estimate of drug-likeness (QED) is 0.157. The SMILES string of the molecule is CON(N)O[N+]1(C)ON(N)ON(N)ON(I)O1. The number of hydrogen-bond acceptors (Lipinski definition) is 13. The van der Waals surface area contributed by atoms with Gasteiger partial charge in [0, 0.05) is 14.8 Å². The van der Waals surface area contributed by atoms with Crippen LogP contribution in [-0.2, 0) is 29.5 Å². The van der Waals surface area contributed by atoms with Gasteiger partial charge >= 0.3 is 0 Å². The Morgan fingerprint density at radius 2 is 1.88 bits per heavy atom. The topological polar surface area (TPSA) is 146 Å². The highest BCUT2D eigenvalue weighted by atomic mass is 127. The lowest BCUT2D eigenvalue weighted by Crippen LogP contribution is -2.60. The van der Waals surface area contributed by atoms with Crippen LogP contribution in [0.2, 0.25) is 0 Å². The van der Waals surface area contributed by atoms with Crippen molar-refractivity contribution in [3.8, 4) is 0 Å². The van der Waals surface area contributed by atoms with E-state index in [4.69, 9.17) is 32.3 Å². The molecule has 1 aliphatic rings. The first-order valence-electron chi connectivity index (χ1n) is 3.81. The predicted molar refractivity (Wildman–Crippen MR) is 52.6 cm³/mol. The fraction of sp³-hybridized carbons (Fsp3) is 1.00. The average molecular weight is 371 g/mol. The highest BCUT2D eigenvalue weighted by Crippen LogP contribution is 2.18. The highest BCUT2D eigenvalue weighted by Gasteiger charge is 2.43. The molecular weight excluding hydrogens is 359 g/mol. The molecule has 1 heterocycles. The predicted octanol–water partition coefficient (Wildman–Crippen LogP) is -2.58. The summed E-state index contributed by atoms with van der Waals surface area (Å²) < 4.78 is 0.717. The van der Waals surface area contributed by atoms with Gasteiger partial charge in [0.2, 0.25) is 0 Å². The number of rotatable bonds is 3. The summed E-state index contributed by atoms with van der Waals surface area (Å²) in [6.07, 6.45) is 0. The van der Waals surface area contributed by atoms with Gasteiger partial charge in [0.05, 0.1) is 49.4 Å². The average Bonchev–Trinajstić information content (AvgIpc) is 2.13. The molecule has 15 heteroatoms. The van der Waals surface area contributed by atoms with Crippen molar-refractivity contribution in [2.45, 2.75) is 0 Å². The Morgan fingerprint density at radius 3 is 2.47 bits per heavy atom. The van der Waals surface area contributed by atoms with E-state index < -0.39 is 4.97 Å². The van der Waals surface area contributed by atoms with E-state index in [0.29, 0.717) is 19.4 Å². The van der Waals surface area contributed by atoms with Gasteiger partial charge in [0.15, 0.2) is 12.0 Å². The van der Waals surface area contributed by atoms with Gasteiger partial charge in [-0.15, -0.1) is 9.88 Å². The second-order valence-electron chi connectivity index (χ2n) is 2.43. The Labute approximate surface area is 109 Å². The largest absolute Gasteiger partial charge is 0.259 e. The Bertz CT molecular complexity index is 232. The van der Waals surface area contributed by atoms with Crippen LogP contribution < -0.4 is 17.5 Å². The molecule has 0 saturated carbocycles. The van der Waals surface area contributed by atoms with Gasteiger partial charge in [-0.2, -0.15) is 0 Å². The molecule has 1 unspecified atom stereocenters. The standard InChI is InChI=1S/C2H12IN8O6/c1-11(16-8(4)12-2)15-7(3)13-9(5)14-10(6)17-11/h4-6H2,1-2H3/q+1. The third-order valence-electron chi connectivity index (χ3n) is 1.16. The number of hydroxylamine groups is 3. The summed E-state index contributed by atoms with van der Waals surface area (Å²) in [6.45, 7) is 0. The number of nitrogens with two attached hydrogens (primary N) is 3. The summed E-state index contributed by atoms with van der Waals surface area (Å²) in [6, 6.07) is 0. The molecule has 0 aromatic rings. The fourth-order valence-corrected chi connectivity index (χ4v) is 1.17. The minimum atomic E-state index is -1.13. The molecule has 1 rings (SSSR count). The van der Waals surface area contributed by atoms with Crippen molar-refractivity contribution in [2.75, 3.05) is 14.2 Å². The molecule has 0 bridgehead atoms. The van der Waals surface area contributed by atoms with Gasteiger partial charge in [-0.25, -0.2) is 17.5 Å². The molecule has 1 fully saturated rings. The van der Waals surface area contributed by atoms with Crippen LogP contribution in [0.4, 0.5) is 0 Å². The Morgan fingerprint density at radius 1 is 1.24 bits per heavy atom. The van der Waals surface area contributed by atoms with E-state index in [1.54, 1.807) is 22.9 Å². The number of nitrogens with zero attached hydrogens (tertiary/aromatic N) is 5. The molecule has 0 aromatic carbocycles. The van der Waals surface area contributed by atoms with E-state index in [-0.39, 0.29) is 0 Å². The van der Waals surface area contributed by atoms with Crippen LogP contribution in [-0.4, -0.2) is 38.6 Å². The van der Waals surface area contributed by atoms with Crippen molar-refractivity contribution in [3.05, 3.63) is 0 Å². The van der Waals surface area contributed by atoms with E-state index in [1.165, 1.54) is 14.2 Å². The number of quaternary nitrogens is 1. The van der Waals surface area contributed by atoms with Crippen molar-refractivity contribution in [1.82, 2.24) is 19.4 Å². The Hall–Kier alpha value is 0.170. The second kappa shape index (κ2) is 6.37. The molecule has 0 aliphatic carbocycles. The Balaban J connectivity index is 2.68. The van der Waals surface area contributed by atoms with Gasteiger partial charge in [-0.05, 0) is 0 Å². The van der Waals surface area contributed by atoms with Crippen LogP contribution in [0.3, 0.4) is 0 Å². The van der Waals surface area contributed by atoms with Crippen LogP contribution in [0.25, 0.3) is 0 Å². The number of hydrogen-bond donors (Lipinski definition) is 3. The fourth-order valence-electron chi connectivity index (χ4n) is 0.674. The molecule has 1 aliphatic heterocycles. The number of hydrazine groups is 3. The first-order valence-corrected chi connectivity index (χ1v) is 4.77. The van der Waals surface area contributed by atoms with Gasteiger partial charge < -0.3 is 0 Å². The number of halogens is 1. The summed E-state index contributed by atoms with van der Waals surface area (Å²) in [7, 11) is 2.48. The molecule has 0 spiro atoms. The van der Waals surface area contributed by atoms with E-state index in [1.807, 2.05) is 0 Å². The van der Waals surface area contributed by atoms with Gasteiger partial charge in [-0.1, -0.05) is 0 Å². The first-order chi connectivity index (χ1) is 7.84. The highest BCUT2D eigenvalue weighted by molar-refractivity contribution is 14.1. The monoisotopic (exact) mass is 371 g/mol. The molecule has 14 nitrogen and oxygen atoms in total. The maximum Gasteiger partial charge on any atom is 0.175 e. The van der Waals surface area contributed by atoms with Crippen LogP contribution in [0.15, 0.2) is 0 Å². The smallest absolute Gasteiger partial charge is 0.175 e. The zero-order valence-corrected chi connectivity index (χ0v) is 11.0. The van der Waals surface area contributed by atoms with Crippen molar-refractivity contribution < 1.29 is 34.5 Å². The van der Waals surface area contributed by atoms with Gasteiger partial charge in [0.1, 0.15) is 0 Å². The van der Waals surface area contributed by atoms with Crippen molar-refractivity contribution in [2.24, 2.45) is 17.5 Å². The van der Waals surface area contributed by atoms with E-state index in [9.17, 15) is 0 Å². The summed E-state index contributed by atoms with van der Waals surface area (Å²) in [5.41, 5.74) is 0. The van der Waals surface area contributed by atoms with Crippen LogP contribution in [0, 0.1) is 0 Å². The van der Waals surface area contributed by atoms with Crippen LogP contribution in [0.1, 0.15) is 0 Å². The lowest BCUT2D eigenvalue weighted by atomic mass is 11.5. The van der Waals surface area contributed by atoms with Gasteiger partial charge in [0.25, 0.3) is 0 Å².